The van der Waals surface area contributed by atoms with Crippen molar-refractivity contribution >= 4 is 29.5 Å². The zero-order chi connectivity index (χ0) is 13.0. The Morgan fingerprint density at radius 1 is 1.53 bits per heavy atom. The minimum Gasteiger partial charge on any atom is -0.369 e. The third-order valence-electron chi connectivity index (χ3n) is 1.66. The number of nitro groups is 1. The molecule has 90 valence electrons. The van der Waals surface area contributed by atoms with E-state index >= 15 is 0 Å². The summed E-state index contributed by atoms with van der Waals surface area (Å²) in [5.74, 6) is -1.26. The number of rotatable bonds is 3. The van der Waals surface area contributed by atoms with Crippen molar-refractivity contribution in [3.05, 3.63) is 38.7 Å². The highest BCUT2D eigenvalue weighted by Gasteiger charge is 2.18. The summed E-state index contributed by atoms with van der Waals surface area (Å²) in [5, 5.41) is 16.5. The fourth-order valence-electron chi connectivity index (χ4n) is 0.953. The third kappa shape index (κ3) is 3.11. The molecule has 0 unspecified atom stereocenters. The van der Waals surface area contributed by atoms with E-state index in [2.05, 4.69) is 10.2 Å². The average molecular weight is 260 g/mol. The second kappa shape index (κ2) is 5.21. The number of nitrogens with two attached hydrogens (primary N) is 2. The summed E-state index contributed by atoms with van der Waals surface area (Å²) >= 11 is 5.47. The first-order valence-corrected chi connectivity index (χ1v) is 4.55. The number of hydrogen-bond donors (Lipinski definition) is 2. The predicted molar refractivity (Wildman–Crippen MR) is 61.5 cm³/mol. The van der Waals surface area contributed by atoms with Crippen LogP contribution in [-0.4, -0.2) is 17.1 Å². The molecular formula is C8H7ClFN5O2. The molecule has 0 saturated heterocycles. The molecule has 0 aliphatic rings. The number of nitrogens with zero attached hydrogens (tertiary/aromatic N) is 3. The highest BCUT2D eigenvalue weighted by Crippen LogP contribution is 2.28. The van der Waals surface area contributed by atoms with E-state index < -0.39 is 21.5 Å². The largest absolute Gasteiger partial charge is 0.369 e. The summed E-state index contributed by atoms with van der Waals surface area (Å²) in [7, 11) is 0. The summed E-state index contributed by atoms with van der Waals surface area (Å²) in [6, 6.07) is 2.20. The van der Waals surface area contributed by atoms with Gasteiger partial charge in [-0.05, 0) is 6.07 Å². The van der Waals surface area contributed by atoms with Crippen LogP contribution in [0.25, 0.3) is 0 Å². The van der Waals surface area contributed by atoms with E-state index in [1.165, 1.54) is 0 Å². The Labute approximate surface area is 99.7 Å². The van der Waals surface area contributed by atoms with Gasteiger partial charge in [-0.2, -0.15) is 5.10 Å². The van der Waals surface area contributed by atoms with Crippen LogP contribution in [0.3, 0.4) is 0 Å². The van der Waals surface area contributed by atoms with Gasteiger partial charge < -0.3 is 11.5 Å². The van der Waals surface area contributed by atoms with Gasteiger partial charge in [0, 0.05) is 11.6 Å². The van der Waals surface area contributed by atoms with Gasteiger partial charge in [0.1, 0.15) is 0 Å². The zero-order valence-electron chi connectivity index (χ0n) is 8.30. The van der Waals surface area contributed by atoms with Crippen LogP contribution in [0.4, 0.5) is 10.1 Å². The molecule has 1 aromatic carbocycles. The molecule has 0 fully saturated rings. The Morgan fingerprint density at radius 2 is 2.18 bits per heavy atom. The molecule has 1 aromatic rings. The number of halogens is 2. The first kappa shape index (κ1) is 12.8. The Balaban J connectivity index is 3.13. The summed E-state index contributed by atoms with van der Waals surface area (Å²) in [5.41, 5.74) is 9.40. The Morgan fingerprint density at radius 3 is 2.71 bits per heavy atom. The van der Waals surface area contributed by atoms with Crippen molar-refractivity contribution in [3.8, 4) is 0 Å². The second-order valence-electron chi connectivity index (χ2n) is 2.83. The van der Waals surface area contributed by atoms with Crippen molar-refractivity contribution in [2.45, 2.75) is 0 Å². The maximum Gasteiger partial charge on any atom is 0.290 e. The van der Waals surface area contributed by atoms with Crippen LogP contribution in [0.1, 0.15) is 5.56 Å². The minimum atomic E-state index is -0.963. The molecule has 0 aliphatic carbocycles. The molecular weight excluding hydrogens is 253 g/mol. The van der Waals surface area contributed by atoms with E-state index in [9.17, 15) is 14.5 Å². The maximum absolute atomic E-state index is 13.5. The molecule has 17 heavy (non-hydrogen) atoms. The first-order chi connectivity index (χ1) is 7.93. The smallest absolute Gasteiger partial charge is 0.290 e. The van der Waals surface area contributed by atoms with Crippen molar-refractivity contribution < 1.29 is 9.31 Å². The Kier molecular flexibility index (Phi) is 3.94. The Hall–Kier alpha value is -2.22. The van der Waals surface area contributed by atoms with Crippen molar-refractivity contribution in [2.24, 2.45) is 21.7 Å². The van der Waals surface area contributed by atoms with Crippen LogP contribution in [0.15, 0.2) is 22.3 Å². The van der Waals surface area contributed by atoms with Gasteiger partial charge in [-0.1, -0.05) is 11.6 Å². The van der Waals surface area contributed by atoms with Gasteiger partial charge in [-0.3, -0.25) is 10.1 Å². The van der Waals surface area contributed by atoms with Gasteiger partial charge in [-0.25, -0.2) is 4.39 Å². The molecule has 4 N–H and O–H groups in total. The quantitative estimate of drug-likeness (QED) is 0.364. The molecule has 0 heterocycles. The topological polar surface area (TPSA) is 120 Å². The van der Waals surface area contributed by atoms with Crippen LogP contribution < -0.4 is 11.5 Å². The molecule has 0 radical (unpaired) electrons. The molecule has 0 aromatic heterocycles. The lowest BCUT2D eigenvalue weighted by Crippen LogP contribution is -2.21. The van der Waals surface area contributed by atoms with E-state index in [-0.39, 0.29) is 11.5 Å². The van der Waals surface area contributed by atoms with Crippen molar-refractivity contribution in [1.29, 1.82) is 0 Å². The SMILES string of the molecule is NC(N)=NN=Cc1ccc([N+](=O)[O-])c(Cl)c1F. The van der Waals surface area contributed by atoms with E-state index in [0.29, 0.717) is 0 Å². The number of nitro benzene ring substituents is 1. The van der Waals surface area contributed by atoms with Crippen molar-refractivity contribution in [3.63, 3.8) is 0 Å². The van der Waals surface area contributed by atoms with E-state index in [1.54, 1.807) is 0 Å². The van der Waals surface area contributed by atoms with Gasteiger partial charge in [0.15, 0.2) is 10.8 Å². The van der Waals surface area contributed by atoms with Crippen LogP contribution in [0.2, 0.25) is 5.02 Å². The minimum absolute atomic E-state index is 0.0643. The van der Waals surface area contributed by atoms with E-state index in [4.69, 9.17) is 23.1 Å². The molecule has 1 rings (SSSR count). The van der Waals surface area contributed by atoms with Gasteiger partial charge in [0.05, 0.1) is 11.1 Å². The highest BCUT2D eigenvalue weighted by atomic mass is 35.5. The molecule has 0 amide bonds. The standard InChI is InChI=1S/C8H7ClFN5O2/c9-6-5(15(16)17)2-1-4(7(6)10)3-13-14-8(11)12/h1-3H,(H4,11,12,14). The van der Waals surface area contributed by atoms with Crippen molar-refractivity contribution in [2.75, 3.05) is 0 Å². The fourth-order valence-corrected chi connectivity index (χ4v) is 1.19. The first-order valence-electron chi connectivity index (χ1n) is 4.18. The van der Waals surface area contributed by atoms with E-state index in [0.717, 1.165) is 18.3 Å². The molecule has 0 atom stereocenters. The lowest BCUT2D eigenvalue weighted by Gasteiger charge is -1.99. The van der Waals surface area contributed by atoms with Crippen molar-refractivity contribution in [1.82, 2.24) is 0 Å². The second-order valence-corrected chi connectivity index (χ2v) is 3.21. The molecule has 0 spiro atoms. The lowest BCUT2D eigenvalue weighted by atomic mass is 10.2. The molecule has 0 bridgehead atoms. The normalized spacial score (nSPS) is 10.5. The van der Waals surface area contributed by atoms with E-state index in [1.807, 2.05) is 0 Å². The monoisotopic (exact) mass is 259 g/mol. The highest BCUT2D eigenvalue weighted by molar-refractivity contribution is 6.33. The predicted octanol–water partition coefficient (Wildman–Crippen LogP) is 0.995. The van der Waals surface area contributed by atoms with Gasteiger partial charge in [0.2, 0.25) is 5.96 Å². The van der Waals surface area contributed by atoms with Crippen LogP contribution in [-0.2, 0) is 0 Å². The zero-order valence-corrected chi connectivity index (χ0v) is 9.06. The third-order valence-corrected chi connectivity index (χ3v) is 2.02. The molecule has 0 saturated carbocycles. The number of benzene rings is 1. The molecule has 0 aliphatic heterocycles. The Bertz CT molecular complexity index is 513. The number of guanidine groups is 1. The van der Waals surface area contributed by atoms with Crippen LogP contribution >= 0.6 is 11.6 Å². The summed E-state index contributed by atoms with van der Waals surface area (Å²) in [6.07, 6.45) is 0.991. The maximum atomic E-state index is 13.5. The van der Waals surface area contributed by atoms with Gasteiger partial charge in [-0.15, -0.1) is 5.10 Å². The average Bonchev–Trinajstić information content (AvgIpc) is 2.23. The van der Waals surface area contributed by atoms with Gasteiger partial charge >= 0.3 is 0 Å². The molecule has 7 nitrogen and oxygen atoms in total. The van der Waals surface area contributed by atoms with Gasteiger partial charge in [0.25, 0.3) is 5.69 Å². The summed E-state index contributed by atoms with van der Waals surface area (Å²) in [6.45, 7) is 0. The fraction of sp³-hybridized carbons (Fsp3) is 0. The summed E-state index contributed by atoms with van der Waals surface area (Å²) in [4.78, 5) is 9.67. The lowest BCUT2D eigenvalue weighted by molar-refractivity contribution is -0.384. The van der Waals surface area contributed by atoms with Crippen LogP contribution in [0, 0.1) is 15.9 Å². The molecule has 9 heteroatoms. The number of hydrogen-bond acceptors (Lipinski definition) is 4. The van der Waals surface area contributed by atoms with Crippen LogP contribution in [0.5, 0.6) is 0 Å². The summed E-state index contributed by atoms with van der Waals surface area (Å²) < 4.78 is 13.5.